The fourth-order valence-corrected chi connectivity index (χ4v) is 2.05. The Hall–Kier alpha value is -0.910. The highest BCUT2D eigenvalue weighted by Gasteiger charge is 2.09. The first-order valence-corrected chi connectivity index (χ1v) is 6.90. The van der Waals surface area contributed by atoms with Crippen molar-refractivity contribution >= 4 is 55.1 Å². The van der Waals surface area contributed by atoms with Crippen LogP contribution >= 0.6 is 43.5 Å². The highest BCUT2D eigenvalue weighted by molar-refractivity contribution is 9.10. The number of benzene rings is 1. The van der Waals surface area contributed by atoms with Crippen LogP contribution in [0.25, 0.3) is 0 Å². The molecule has 0 saturated carbocycles. The molecule has 0 atom stereocenters. The van der Waals surface area contributed by atoms with E-state index < -0.39 is 0 Å². The van der Waals surface area contributed by atoms with Crippen molar-refractivity contribution in [3.63, 3.8) is 0 Å². The molecule has 1 heterocycles. The summed E-state index contributed by atoms with van der Waals surface area (Å²) in [5, 5.41) is 3.18. The smallest absolute Gasteiger partial charge is 0.274 e. The molecular formula is C12H7Br2ClN2O. The molecule has 0 spiro atoms. The van der Waals surface area contributed by atoms with Gasteiger partial charge in [0.15, 0.2) is 0 Å². The van der Waals surface area contributed by atoms with E-state index in [-0.39, 0.29) is 5.91 Å². The molecular weight excluding hydrogens is 383 g/mol. The molecule has 1 aromatic carbocycles. The summed E-state index contributed by atoms with van der Waals surface area (Å²) in [7, 11) is 0. The molecule has 1 amide bonds. The number of halogens is 3. The molecule has 1 aromatic heterocycles. The standard InChI is InChI=1S/C12H7Br2ClN2O/c13-7-1-3-9(15)11(5-7)17-12(18)10-4-2-8(14)6-16-10/h1-6H,(H,17,18). The van der Waals surface area contributed by atoms with E-state index in [0.29, 0.717) is 16.4 Å². The van der Waals surface area contributed by atoms with Crippen molar-refractivity contribution in [3.8, 4) is 0 Å². The number of rotatable bonds is 2. The Balaban J connectivity index is 2.21. The fraction of sp³-hybridized carbons (Fsp3) is 0. The van der Waals surface area contributed by atoms with Crippen molar-refractivity contribution in [2.24, 2.45) is 0 Å². The number of nitrogens with zero attached hydrogens (tertiary/aromatic N) is 1. The maximum absolute atomic E-state index is 11.9. The van der Waals surface area contributed by atoms with E-state index in [1.54, 1.807) is 36.5 Å². The molecule has 2 aromatic rings. The third-order valence-electron chi connectivity index (χ3n) is 2.14. The number of amides is 1. The van der Waals surface area contributed by atoms with E-state index in [0.717, 1.165) is 8.95 Å². The number of pyridine rings is 1. The maximum Gasteiger partial charge on any atom is 0.274 e. The van der Waals surface area contributed by atoms with Crippen LogP contribution in [0.5, 0.6) is 0 Å². The highest BCUT2D eigenvalue weighted by atomic mass is 79.9. The minimum absolute atomic E-state index is 0.303. The maximum atomic E-state index is 11.9. The Bertz CT molecular complexity index is 587. The lowest BCUT2D eigenvalue weighted by atomic mass is 10.3. The van der Waals surface area contributed by atoms with Gasteiger partial charge in [-0.2, -0.15) is 0 Å². The van der Waals surface area contributed by atoms with Crippen molar-refractivity contribution < 1.29 is 4.79 Å². The quantitative estimate of drug-likeness (QED) is 0.820. The molecule has 3 nitrogen and oxygen atoms in total. The molecule has 0 saturated heterocycles. The minimum Gasteiger partial charge on any atom is -0.319 e. The molecule has 0 aliphatic carbocycles. The number of hydrogen-bond donors (Lipinski definition) is 1. The van der Waals surface area contributed by atoms with Gasteiger partial charge in [0.25, 0.3) is 5.91 Å². The summed E-state index contributed by atoms with van der Waals surface area (Å²) in [4.78, 5) is 15.9. The fourth-order valence-electron chi connectivity index (χ4n) is 1.29. The molecule has 6 heteroatoms. The predicted octanol–water partition coefficient (Wildman–Crippen LogP) is 4.51. The van der Waals surface area contributed by atoms with E-state index in [4.69, 9.17) is 11.6 Å². The van der Waals surface area contributed by atoms with Crippen LogP contribution in [-0.4, -0.2) is 10.9 Å². The van der Waals surface area contributed by atoms with Crippen molar-refractivity contribution in [2.75, 3.05) is 5.32 Å². The van der Waals surface area contributed by atoms with Gasteiger partial charge in [0, 0.05) is 15.1 Å². The molecule has 0 aliphatic rings. The number of carbonyl (C=O) groups is 1. The number of nitrogens with one attached hydrogen (secondary N) is 1. The van der Waals surface area contributed by atoms with Crippen molar-refractivity contribution in [2.45, 2.75) is 0 Å². The van der Waals surface area contributed by atoms with Crippen LogP contribution in [0.4, 0.5) is 5.69 Å². The lowest BCUT2D eigenvalue weighted by Gasteiger charge is -2.07. The summed E-state index contributed by atoms with van der Waals surface area (Å²) in [6.07, 6.45) is 1.57. The molecule has 92 valence electrons. The molecule has 2 rings (SSSR count). The molecule has 1 N–H and O–H groups in total. The lowest BCUT2D eigenvalue weighted by Crippen LogP contribution is -2.13. The van der Waals surface area contributed by atoms with Crippen LogP contribution < -0.4 is 5.32 Å². The van der Waals surface area contributed by atoms with Crippen LogP contribution in [0.1, 0.15) is 10.5 Å². The van der Waals surface area contributed by atoms with Gasteiger partial charge in [-0.15, -0.1) is 0 Å². The Morgan fingerprint density at radius 3 is 2.56 bits per heavy atom. The van der Waals surface area contributed by atoms with Crippen molar-refractivity contribution in [1.29, 1.82) is 0 Å². The summed E-state index contributed by atoms with van der Waals surface area (Å²) < 4.78 is 1.66. The van der Waals surface area contributed by atoms with Gasteiger partial charge in [-0.25, -0.2) is 4.98 Å². The van der Waals surface area contributed by atoms with E-state index in [1.165, 1.54) is 0 Å². The number of carbonyl (C=O) groups excluding carboxylic acids is 1. The topological polar surface area (TPSA) is 42.0 Å². The minimum atomic E-state index is -0.303. The second-order valence-corrected chi connectivity index (χ2v) is 5.68. The summed E-state index contributed by atoms with van der Waals surface area (Å²) >= 11 is 12.6. The first-order chi connectivity index (χ1) is 8.56. The average Bonchev–Trinajstić information content (AvgIpc) is 2.34. The first kappa shape index (κ1) is 13.5. The van der Waals surface area contributed by atoms with Gasteiger partial charge < -0.3 is 5.32 Å². The zero-order valence-electron chi connectivity index (χ0n) is 8.95. The van der Waals surface area contributed by atoms with E-state index in [9.17, 15) is 4.79 Å². The second kappa shape index (κ2) is 5.82. The van der Waals surface area contributed by atoms with Crippen molar-refractivity contribution in [1.82, 2.24) is 4.98 Å². The Morgan fingerprint density at radius 1 is 1.17 bits per heavy atom. The van der Waals surface area contributed by atoms with Crippen molar-refractivity contribution in [3.05, 3.63) is 56.2 Å². The van der Waals surface area contributed by atoms with E-state index in [1.807, 2.05) is 0 Å². The molecule has 0 radical (unpaired) electrons. The van der Waals surface area contributed by atoms with Gasteiger partial charge in [0.1, 0.15) is 5.69 Å². The van der Waals surface area contributed by atoms with Crippen LogP contribution in [-0.2, 0) is 0 Å². The normalized spacial score (nSPS) is 10.2. The molecule has 0 aliphatic heterocycles. The molecule has 0 fully saturated rings. The zero-order valence-corrected chi connectivity index (χ0v) is 12.9. The van der Waals surface area contributed by atoms with E-state index >= 15 is 0 Å². The number of hydrogen-bond acceptors (Lipinski definition) is 2. The third-order valence-corrected chi connectivity index (χ3v) is 3.43. The second-order valence-electron chi connectivity index (χ2n) is 3.44. The Labute approximate surface area is 126 Å². The van der Waals surface area contributed by atoms with E-state index in [2.05, 4.69) is 42.2 Å². The summed E-state index contributed by atoms with van der Waals surface area (Å²) in [5.74, 6) is -0.303. The van der Waals surface area contributed by atoms with Crippen LogP contribution in [0.15, 0.2) is 45.5 Å². The van der Waals surface area contributed by atoms with Crippen LogP contribution in [0, 0.1) is 0 Å². The first-order valence-electron chi connectivity index (χ1n) is 4.94. The van der Waals surface area contributed by atoms with Gasteiger partial charge in [-0.1, -0.05) is 27.5 Å². The SMILES string of the molecule is O=C(Nc1cc(Br)ccc1Cl)c1ccc(Br)cn1. The van der Waals surface area contributed by atoms with Gasteiger partial charge in [-0.3, -0.25) is 4.79 Å². The van der Waals surface area contributed by atoms with Crippen LogP contribution in [0.2, 0.25) is 5.02 Å². The van der Waals surface area contributed by atoms with Gasteiger partial charge in [0.05, 0.1) is 10.7 Å². The molecule has 0 bridgehead atoms. The van der Waals surface area contributed by atoms with Crippen LogP contribution in [0.3, 0.4) is 0 Å². The number of aromatic nitrogens is 1. The number of anilines is 1. The van der Waals surface area contributed by atoms with Gasteiger partial charge >= 0.3 is 0 Å². The third kappa shape index (κ3) is 3.31. The summed E-state index contributed by atoms with van der Waals surface area (Å²) in [6.45, 7) is 0. The highest BCUT2D eigenvalue weighted by Crippen LogP contribution is 2.26. The molecule has 18 heavy (non-hydrogen) atoms. The average molecular weight is 390 g/mol. The molecule has 0 unspecified atom stereocenters. The Morgan fingerprint density at radius 2 is 1.89 bits per heavy atom. The summed E-state index contributed by atoms with van der Waals surface area (Å²) in [5.41, 5.74) is 0.870. The van der Waals surface area contributed by atoms with Gasteiger partial charge in [0.2, 0.25) is 0 Å². The lowest BCUT2D eigenvalue weighted by molar-refractivity contribution is 0.102. The summed E-state index contributed by atoms with van der Waals surface area (Å²) in [6, 6.07) is 8.63. The predicted molar refractivity (Wildman–Crippen MR) is 79.0 cm³/mol. The monoisotopic (exact) mass is 388 g/mol. The Kier molecular flexibility index (Phi) is 4.37. The van der Waals surface area contributed by atoms with Gasteiger partial charge in [-0.05, 0) is 46.3 Å². The largest absolute Gasteiger partial charge is 0.319 e. The zero-order chi connectivity index (χ0) is 13.1.